The number of hydrogen-bond donors (Lipinski definition) is 4. The number of anilines is 1. The van der Waals surface area contributed by atoms with Gasteiger partial charge in [0.1, 0.15) is 5.65 Å². The number of unbranched alkanes of at least 4 members (excludes halogenated alkanes) is 3. The fraction of sp³-hybridized carbons (Fsp3) is 0.312. The first kappa shape index (κ1) is 30.3. The van der Waals surface area contributed by atoms with Crippen LogP contribution in [0, 0.1) is 0 Å². The van der Waals surface area contributed by atoms with E-state index in [-0.39, 0.29) is 10.6 Å². The number of aromatic nitrogens is 4. The van der Waals surface area contributed by atoms with Crippen molar-refractivity contribution in [1.29, 1.82) is 0 Å². The number of aliphatic hydroxyl groups is 1. The Bertz CT molecular complexity index is 1790. The summed E-state index contributed by atoms with van der Waals surface area (Å²) in [5.41, 5.74) is 3.52. The lowest BCUT2D eigenvalue weighted by Crippen LogP contribution is -2.23. The molecule has 226 valence electrons. The summed E-state index contributed by atoms with van der Waals surface area (Å²) in [5.74, 6) is 0. The van der Waals surface area contributed by atoms with Crippen molar-refractivity contribution in [3.8, 4) is 5.69 Å². The van der Waals surface area contributed by atoms with Crippen molar-refractivity contribution in [3.63, 3.8) is 0 Å². The van der Waals surface area contributed by atoms with Gasteiger partial charge in [0.2, 0.25) is 0 Å². The molecule has 0 fully saturated rings. The molecule has 5 rings (SSSR count). The molecule has 3 aromatic heterocycles. The molecule has 10 nitrogen and oxygen atoms in total. The van der Waals surface area contributed by atoms with E-state index in [1.54, 1.807) is 47.4 Å². The zero-order valence-electron chi connectivity index (χ0n) is 24.2. The van der Waals surface area contributed by atoms with Crippen LogP contribution in [0.5, 0.6) is 0 Å². The summed E-state index contributed by atoms with van der Waals surface area (Å²) in [7, 11) is -3.80. The number of aromatic amines is 1. The molecule has 0 radical (unpaired) electrons. The van der Waals surface area contributed by atoms with E-state index >= 15 is 0 Å². The van der Waals surface area contributed by atoms with Gasteiger partial charge in [-0.1, -0.05) is 38.3 Å². The molecule has 11 heteroatoms. The number of aryl methyl sites for hydroxylation is 1. The zero-order valence-corrected chi connectivity index (χ0v) is 25.1. The summed E-state index contributed by atoms with van der Waals surface area (Å²) >= 11 is 0. The van der Waals surface area contributed by atoms with Crippen molar-refractivity contribution in [2.45, 2.75) is 56.6 Å². The first-order chi connectivity index (χ1) is 20.8. The van der Waals surface area contributed by atoms with Gasteiger partial charge in [-0.2, -0.15) is 0 Å². The quantitative estimate of drug-likeness (QED) is 0.128. The minimum atomic E-state index is -3.80. The fourth-order valence-electron chi connectivity index (χ4n) is 4.96. The molecule has 3 heterocycles. The number of hydrogen-bond acceptors (Lipinski definition) is 6. The molecule has 0 spiro atoms. The Morgan fingerprint density at radius 2 is 1.79 bits per heavy atom. The summed E-state index contributed by atoms with van der Waals surface area (Å²) in [6.45, 7) is 3.87. The molecule has 0 saturated heterocycles. The molecule has 0 aliphatic carbocycles. The zero-order chi connectivity index (χ0) is 30.2. The number of H-pyrrole nitrogens is 1. The first-order valence-electron chi connectivity index (χ1n) is 14.7. The van der Waals surface area contributed by atoms with Gasteiger partial charge in [0, 0.05) is 54.5 Å². The van der Waals surface area contributed by atoms with Crippen molar-refractivity contribution in [1.82, 2.24) is 24.4 Å². The molecule has 0 saturated carbocycles. The van der Waals surface area contributed by atoms with E-state index < -0.39 is 16.1 Å². The number of fused-ring (bicyclic) bond motifs is 1. The van der Waals surface area contributed by atoms with Gasteiger partial charge in [-0.3, -0.25) is 13.9 Å². The normalized spacial score (nSPS) is 12.5. The highest BCUT2D eigenvalue weighted by atomic mass is 32.2. The average molecular weight is 603 g/mol. The molecule has 43 heavy (non-hydrogen) atoms. The predicted octanol–water partition coefficient (Wildman–Crippen LogP) is 4.76. The van der Waals surface area contributed by atoms with E-state index in [1.165, 1.54) is 16.7 Å². The molecule has 1 unspecified atom stereocenters. The van der Waals surface area contributed by atoms with Crippen LogP contribution < -0.4 is 15.7 Å². The smallest absolute Gasteiger partial charge is 0.332 e. The molecular weight excluding hydrogens is 564 g/mol. The van der Waals surface area contributed by atoms with E-state index in [1.807, 2.05) is 30.5 Å². The van der Waals surface area contributed by atoms with E-state index in [9.17, 15) is 18.3 Å². The summed E-state index contributed by atoms with van der Waals surface area (Å²) in [5, 5.41) is 14.7. The third-order valence-electron chi connectivity index (χ3n) is 7.47. The second-order valence-electron chi connectivity index (χ2n) is 10.7. The van der Waals surface area contributed by atoms with Gasteiger partial charge in [-0.25, -0.2) is 18.2 Å². The molecule has 2 aromatic carbocycles. The number of nitrogens with one attached hydrogen (secondary N) is 3. The van der Waals surface area contributed by atoms with Gasteiger partial charge in [-0.05, 0) is 73.5 Å². The van der Waals surface area contributed by atoms with Gasteiger partial charge >= 0.3 is 5.69 Å². The maximum Gasteiger partial charge on any atom is 0.332 e. The largest absolute Gasteiger partial charge is 0.387 e. The van der Waals surface area contributed by atoms with E-state index in [2.05, 4.69) is 26.9 Å². The SMILES string of the molecule is CCCCCCn1ccn(-c2ccc(S(=O)(=O)Nc3ccc(CCNCC(O)c4cnc5[nH]ccc5c4)cc3)cc2)c1=O. The lowest BCUT2D eigenvalue weighted by Gasteiger charge is -2.12. The molecule has 0 amide bonds. The van der Waals surface area contributed by atoms with Crippen LogP contribution in [0.4, 0.5) is 5.69 Å². The van der Waals surface area contributed by atoms with E-state index in [0.717, 1.165) is 54.3 Å². The van der Waals surface area contributed by atoms with Crippen LogP contribution in [0.15, 0.2) is 95.1 Å². The Morgan fingerprint density at radius 1 is 1.00 bits per heavy atom. The predicted molar refractivity (Wildman–Crippen MR) is 169 cm³/mol. The van der Waals surface area contributed by atoms with Crippen molar-refractivity contribution in [2.24, 2.45) is 0 Å². The van der Waals surface area contributed by atoms with Crippen LogP contribution in [0.2, 0.25) is 0 Å². The van der Waals surface area contributed by atoms with Crippen molar-refractivity contribution < 1.29 is 13.5 Å². The van der Waals surface area contributed by atoms with Gasteiger partial charge in [0.15, 0.2) is 0 Å². The summed E-state index contributed by atoms with van der Waals surface area (Å²) in [6, 6.07) is 17.4. The molecular formula is C32H38N6O4S. The Labute approximate surface area is 251 Å². The highest BCUT2D eigenvalue weighted by Crippen LogP contribution is 2.19. The summed E-state index contributed by atoms with van der Waals surface area (Å²) in [4.78, 5) is 20.2. The lowest BCUT2D eigenvalue weighted by atomic mass is 10.1. The summed E-state index contributed by atoms with van der Waals surface area (Å²) in [6.07, 6.45) is 11.4. The number of pyridine rings is 1. The van der Waals surface area contributed by atoms with Crippen LogP contribution >= 0.6 is 0 Å². The summed E-state index contributed by atoms with van der Waals surface area (Å²) < 4.78 is 31.8. The van der Waals surface area contributed by atoms with Crippen LogP contribution in [0.25, 0.3) is 16.7 Å². The minimum Gasteiger partial charge on any atom is -0.387 e. The number of sulfonamides is 1. The van der Waals surface area contributed by atoms with Crippen molar-refractivity contribution in [3.05, 3.63) is 107 Å². The molecule has 4 N–H and O–H groups in total. The average Bonchev–Trinajstić information content (AvgIpc) is 3.64. The second-order valence-corrected chi connectivity index (χ2v) is 12.3. The number of benzene rings is 2. The third-order valence-corrected chi connectivity index (χ3v) is 8.86. The Balaban J connectivity index is 1.11. The number of nitrogens with zero attached hydrogens (tertiary/aromatic N) is 3. The van der Waals surface area contributed by atoms with Crippen molar-refractivity contribution in [2.75, 3.05) is 17.8 Å². The van der Waals surface area contributed by atoms with Crippen LogP contribution in [-0.2, 0) is 23.0 Å². The first-order valence-corrected chi connectivity index (χ1v) is 16.1. The molecule has 5 aromatic rings. The number of aliphatic hydroxyl groups excluding tert-OH is 1. The number of imidazole rings is 1. The molecule has 0 aliphatic rings. The lowest BCUT2D eigenvalue weighted by molar-refractivity contribution is 0.175. The highest BCUT2D eigenvalue weighted by Gasteiger charge is 2.15. The molecule has 0 aliphatic heterocycles. The molecule has 0 bridgehead atoms. The maximum atomic E-state index is 13.0. The number of rotatable bonds is 15. The second kappa shape index (κ2) is 13.9. The maximum absolute atomic E-state index is 13.0. The topological polar surface area (TPSA) is 134 Å². The Hall–Kier alpha value is -4.19. The van der Waals surface area contributed by atoms with Crippen LogP contribution in [0.3, 0.4) is 0 Å². The minimum absolute atomic E-state index is 0.112. The van der Waals surface area contributed by atoms with Crippen LogP contribution in [0.1, 0.15) is 49.8 Å². The van der Waals surface area contributed by atoms with Gasteiger partial charge < -0.3 is 15.4 Å². The van der Waals surface area contributed by atoms with Crippen molar-refractivity contribution >= 4 is 26.7 Å². The standard InChI is InChI=1S/C32H38N6O4S/c1-2-3-4-5-18-37-19-20-38(32(37)40)28-10-12-29(13-11-28)43(41,42)36-27-8-6-24(7-9-27)14-16-33-23-30(39)26-21-25-15-17-34-31(25)35-22-26/h6-13,15,17,19-22,30,33,36,39H,2-5,14,16,18,23H2,1H3,(H,34,35). The van der Waals surface area contributed by atoms with Gasteiger partial charge in [0.25, 0.3) is 10.0 Å². The van der Waals surface area contributed by atoms with E-state index in [0.29, 0.717) is 31.0 Å². The molecule has 1 atom stereocenters. The third kappa shape index (κ3) is 7.61. The highest BCUT2D eigenvalue weighted by molar-refractivity contribution is 7.92. The monoisotopic (exact) mass is 602 g/mol. The van der Waals surface area contributed by atoms with Crippen LogP contribution in [-0.4, -0.2) is 45.7 Å². The Kier molecular flexibility index (Phi) is 9.75. The van der Waals surface area contributed by atoms with Gasteiger partial charge in [0.05, 0.1) is 16.7 Å². The Morgan fingerprint density at radius 3 is 2.56 bits per heavy atom. The van der Waals surface area contributed by atoms with Gasteiger partial charge in [-0.15, -0.1) is 0 Å². The fourth-order valence-corrected chi connectivity index (χ4v) is 6.02. The van der Waals surface area contributed by atoms with E-state index in [4.69, 9.17) is 0 Å².